The van der Waals surface area contributed by atoms with Gasteiger partial charge in [-0.2, -0.15) is 0 Å². The van der Waals surface area contributed by atoms with Crippen LogP contribution in [-0.2, 0) is 4.79 Å². The van der Waals surface area contributed by atoms with Gasteiger partial charge in [0, 0.05) is 19.2 Å². The summed E-state index contributed by atoms with van der Waals surface area (Å²) in [5.74, 6) is 0.400. The zero-order valence-electron chi connectivity index (χ0n) is 12.7. The van der Waals surface area contributed by atoms with Gasteiger partial charge in [-0.3, -0.25) is 9.59 Å². The van der Waals surface area contributed by atoms with E-state index in [1.807, 2.05) is 25.2 Å². The van der Waals surface area contributed by atoms with E-state index in [0.717, 1.165) is 6.54 Å². The Morgan fingerprint density at radius 2 is 1.81 bits per heavy atom. The Balaban J connectivity index is 1.74. The van der Waals surface area contributed by atoms with E-state index in [1.165, 1.54) is 32.1 Å². The van der Waals surface area contributed by atoms with Gasteiger partial charge in [0.15, 0.2) is 0 Å². The summed E-state index contributed by atoms with van der Waals surface area (Å²) in [6.07, 6.45) is 6.30. The molecule has 0 atom stereocenters. The molecule has 0 saturated heterocycles. The molecule has 0 heterocycles. The molecule has 4 nitrogen and oxygen atoms in total. The first kappa shape index (κ1) is 15.5. The van der Waals surface area contributed by atoms with E-state index < -0.39 is 0 Å². The molecule has 1 saturated carbocycles. The van der Waals surface area contributed by atoms with Gasteiger partial charge in [0.25, 0.3) is 5.91 Å². The minimum Gasteiger partial charge on any atom is -0.344 e. The third kappa shape index (κ3) is 4.88. The lowest BCUT2D eigenvalue weighted by atomic mass is 9.89. The van der Waals surface area contributed by atoms with Crippen molar-refractivity contribution in [3.63, 3.8) is 0 Å². The summed E-state index contributed by atoms with van der Waals surface area (Å²) in [6, 6.07) is 8.97. The van der Waals surface area contributed by atoms with E-state index in [1.54, 1.807) is 17.0 Å². The number of likely N-dealkylation sites (N-methyl/N-ethyl adjacent to an activating group) is 1. The maximum atomic E-state index is 12.1. The van der Waals surface area contributed by atoms with Crippen LogP contribution in [0.5, 0.6) is 0 Å². The van der Waals surface area contributed by atoms with E-state index in [9.17, 15) is 9.59 Å². The Bertz CT molecular complexity index is 467. The summed E-state index contributed by atoms with van der Waals surface area (Å²) < 4.78 is 0. The number of rotatable bonds is 5. The topological polar surface area (TPSA) is 49.4 Å². The van der Waals surface area contributed by atoms with Gasteiger partial charge < -0.3 is 10.2 Å². The van der Waals surface area contributed by atoms with Gasteiger partial charge in [0.2, 0.25) is 5.91 Å². The Hall–Kier alpha value is -1.84. The van der Waals surface area contributed by atoms with Crippen molar-refractivity contribution in [1.82, 2.24) is 10.2 Å². The van der Waals surface area contributed by atoms with Crippen LogP contribution >= 0.6 is 0 Å². The quantitative estimate of drug-likeness (QED) is 0.905. The number of nitrogens with zero attached hydrogens (tertiary/aromatic N) is 1. The lowest BCUT2D eigenvalue weighted by molar-refractivity contribution is -0.129. The standard InChI is InChI=1S/C17H24N2O2/c1-19(13-14-8-4-2-5-9-14)16(20)12-18-17(21)15-10-6-3-7-11-15/h3,6-7,10-11,14H,2,4-5,8-9,12-13H2,1H3,(H,18,21). The van der Waals surface area contributed by atoms with E-state index in [0.29, 0.717) is 11.5 Å². The lowest BCUT2D eigenvalue weighted by Crippen LogP contribution is -2.40. The maximum absolute atomic E-state index is 12.1. The first-order valence-corrected chi connectivity index (χ1v) is 7.74. The monoisotopic (exact) mass is 288 g/mol. The Morgan fingerprint density at radius 3 is 2.48 bits per heavy atom. The molecule has 2 amide bonds. The van der Waals surface area contributed by atoms with Crippen molar-refractivity contribution in [2.45, 2.75) is 32.1 Å². The smallest absolute Gasteiger partial charge is 0.251 e. The molecule has 0 spiro atoms. The summed E-state index contributed by atoms with van der Waals surface area (Å²) in [7, 11) is 1.83. The predicted octanol–water partition coefficient (Wildman–Crippen LogP) is 2.46. The van der Waals surface area contributed by atoms with Crippen LogP contribution in [0.2, 0.25) is 0 Å². The Labute approximate surface area is 126 Å². The predicted molar refractivity (Wildman–Crippen MR) is 83.0 cm³/mol. The number of amides is 2. The molecule has 2 rings (SSSR count). The van der Waals surface area contributed by atoms with Crippen molar-refractivity contribution >= 4 is 11.8 Å². The average Bonchev–Trinajstić information content (AvgIpc) is 2.54. The van der Waals surface area contributed by atoms with Crippen molar-refractivity contribution in [2.24, 2.45) is 5.92 Å². The maximum Gasteiger partial charge on any atom is 0.251 e. The normalized spacial score (nSPS) is 15.5. The second-order valence-corrected chi connectivity index (χ2v) is 5.83. The third-order valence-electron chi connectivity index (χ3n) is 4.12. The molecule has 0 aromatic heterocycles. The highest BCUT2D eigenvalue weighted by Crippen LogP contribution is 2.23. The highest BCUT2D eigenvalue weighted by atomic mass is 16.2. The van der Waals surface area contributed by atoms with E-state index in [4.69, 9.17) is 0 Å². The van der Waals surface area contributed by atoms with Gasteiger partial charge in [-0.25, -0.2) is 0 Å². The molecule has 1 aliphatic rings. The van der Waals surface area contributed by atoms with Crippen LogP contribution in [0, 0.1) is 5.92 Å². The first-order chi connectivity index (χ1) is 10.2. The van der Waals surface area contributed by atoms with Crippen LogP contribution in [0.1, 0.15) is 42.5 Å². The molecule has 1 aliphatic carbocycles. The average molecular weight is 288 g/mol. The highest BCUT2D eigenvalue weighted by molar-refractivity contribution is 5.96. The Kier molecular flexibility index (Phi) is 5.78. The number of nitrogens with one attached hydrogen (secondary N) is 1. The van der Waals surface area contributed by atoms with Crippen LogP contribution in [0.3, 0.4) is 0 Å². The molecule has 0 unspecified atom stereocenters. The summed E-state index contributed by atoms with van der Waals surface area (Å²) in [5, 5.41) is 2.69. The number of benzene rings is 1. The molecule has 1 N–H and O–H groups in total. The number of hydrogen-bond acceptors (Lipinski definition) is 2. The van der Waals surface area contributed by atoms with Crippen molar-refractivity contribution < 1.29 is 9.59 Å². The summed E-state index contributed by atoms with van der Waals surface area (Å²) in [5.41, 5.74) is 0.584. The van der Waals surface area contributed by atoms with Crippen molar-refractivity contribution in [1.29, 1.82) is 0 Å². The molecular weight excluding hydrogens is 264 g/mol. The van der Waals surface area contributed by atoms with Crippen molar-refractivity contribution in [3.8, 4) is 0 Å². The minimum absolute atomic E-state index is 0.0233. The Morgan fingerprint density at radius 1 is 1.14 bits per heavy atom. The number of hydrogen-bond donors (Lipinski definition) is 1. The number of carbonyl (C=O) groups excluding carboxylic acids is 2. The van der Waals surface area contributed by atoms with Gasteiger partial charge in [-0.1, -0.05) is 37.5 Å². The van der Waals surface area contributed by atoms with Gasteiger partial charge in [-0.15, -0.1) is 0 Å². The number of carbonyl (C=O) groups is 2. The van der Waals surface area contributed by atoms with E-state index in [2.05, 4.69) is 5.32 Å². The van der Waals surface area contributed by atoms with Crippen LogP contribution in [-0.4, -0.2) is 36.9 Å². The molecule has 0 bridgehead atoms. The molecule has 1 aromatic carbocycles. The van der Waals surface area contributed by atoms with Gasteiger partial charge in [-0.05, 0) is 30.9 Å². The van der Waals surface area contributed by atoms with Crippen LogP contribution in [0.4, 0.5) is 0 Å². The van der Waals surface area contributed by atoms with Crippen LogP contribution in [0.25, 0.3) is 0 Å². The van der Waals surface area contributed by atoms with Crippen molar-refractivity contribution in [3.05, 3.63) is 35.9 Å². The van der Waals surface area contributed by atoms with E-state index in [-0.39, 0.29) is 18.4 Å². The van der Waals surface area contributed by atoms with Crippen LogP contribution in [0.15, 0.2) is 30.3 Å². The van der Waals surface area contributed by atoms with Gasteiger partial charge >= 0.3 is 0 Å². The first-order valence-electron chi connectivity index (χ1n) is 7.74. The molecule has 1 aromatic rings. The second kappa shape index (κ2) is 7.81. The van der Waals surface area contributed by atoms with Crippen LogP contribution < -0.4 is 5.32 Å². The van der Waals surface area contributed by atoms with Crippen molar-refractivity contribution in [2.75, 3.05) is 20.1 Å². The molecule has 0 aliphatic heterocycles. The molecule has 4 heteroatoms. The lowest BCUT2D eigenvalue weighted by Gasteiger charge is -2.27. The zero-order chi connectivity index (χ0) is 15.1. The summed E-state index contributed by atoms with van der Waals surface area (Å²) in [6.45, 7) is 0.872. The molecule has 0 radical (unpaired) electrons. The third-order valence-corrected chi connectivity index (χ3v) is 4.12. The van der Waals surface area contributed by atoms with Gasteiger partial charge in [0.1, 0.15) is 0 Å². The highest BCUT2D eigenvalue weighted by Gasteiger charge is 2.18. The zero-order valence-corrected chi connectivity index (χ0v) is 12.7. The van der Waals surface area contributed by atoms with E-state index >= 15 is 0 Å². The van der Waals surface area contributed by atoms with Gasteiger partial charge in [0.05, 0.1) is 6.54 Å². The SMILES string of the molecule is CN(CC1CCCCC1)C(=O)CNC(=O)c1ccccc1. The molecular formula is C17H24N2O2. The molecule has 1 fully saturated rings. The second-order valence-electron chi connectivity index (χ2n) is 5.83. The molecule has 114 valence electrons. The summed E-state index contributed by atoms with van der Waals surface area (Å²) >= 11 is 0. The largest absolute Gasteiger partial charge is 0.344 e. The fraction of sp³-hybridized carbons (Fsp3) is 0.529. The molecule has 21 heavy (non-hydrogen) atoms. The fourth-order valence-electron chi connectivity index (χ4n) is 2.84. The summed E-state index contributed by atoms with van der Waals surface area (Å²) in [4.78, 5) is 25.7. The fourth-order valence-corrected chi connectivity index (χ4v) is 2.84. The minimum atomic E-state index is -0.199.